The lowest BCUT2D eigenvalue weighted by Gasteiger charge is -2.31. The molecule has 1 amide bonds. The van der Waals surface area contributed by atoms with Crippen LogP contribution in [0, 0.1) is 6.92 Å². The van der Waals surface area contributed by atoms with Gasteiger partial charge in [-0.1, -0.05) is 91.6 Å². The topological polar surface area (TPSA) is 57.6 Å². The summed E-state index contributed by atoms with van der Waals surface area (Å²) >= 11 is 15.6. The molecule has 1 aliphatic heterocycles. The fraction of sp³-hybridized carbons (Fsp3) is 0.300. The van der Waals surface area contributed by atoms with Crippen molar-refractivity contribution in [3.05, 3.63) is 98.4 Å². The first-order valence-electron chi connectivity index (χ1n) is 13.0. The summed E-state index contributed by atoms with van der Waals surface area (Å²) in [6.45, 7) is 8.20. The summed E-state index contributed by atoms with van der Waals surface area (Å²) in [7, 11) is 0. The van der Waals surface area contributed by atoms with Crippen LogP contribution in [0.5, 0.6) is 0 Å². The molecule has 1 unspecified atom stereocenters. The van der Waals surface area contributed by atoms with E-state index in [1.54, 1.807) is 16.8 Å². The number of thioether (sulfide) groups is 1. The molecule has 0 spiro atoms. The van der Waals surface area contributed by atoms with Gasteiger partial charge >= 0.3 is 0 Å². The minimum atomic E-state index is -0.229. The fourth-order valence-corrected chi connectivity index (χ4v) is 6.48. The van der Waals surface area contributed by atoms with E-state index in [0.717, 1.165) is 41.8 Å². The Kier molecular flexibility index (Phi) is 9.53. The van der Waals surface area contributed by atoms with Crippen LogP contribution in [-0.4, -0.2) is 17.1 Å². The van der Waals surface area contributed by atoms with Gasteiger partial charge in [-0.15, -0.1) is 0 Å². The van der Waals surface area contributed by atoms with E-state index in [9.17, 15) is 4.79 Å². The van der Waals surface area contributed by atoms with Crippen LogP contribution in [-0.2, 0) is 11.2 Å². The van der Waals surface area contributed by atoms with E-state index >= 15 is 0 Å². The van der Waals surface area contributed by atoms with Gasteiger partial charge in [0.25, 0.3) is 5.91 Å². The summed E-state index contributed by atoms with van der Waals surface area (Å²) in [4.78, 5) is 16.7. The predicted octanol–water partition coefficient (Wildman–Crippen LogP) is 8.48. The Labute approximate surface area is 239 Å². The summed E-state index contributed by atoms with van der Waals surface area (Å²) in [6, 6.07) is 16.2. The molecule has 3 aromatic rings. The Morgan fingerprint density at radius 3 is 2.37 bits per heavy atom. The highest BCUT2D eigenvalue weighted by Crippen LogP contribution is 2.48. The third-order valence-corrected chi connectivity index (χ3v) is 8.41. The zero-order valence-electron chi connectivity index (χ0n) is 22.1. The van der Waals surface area contributed by atoms with Gasteiger partial charge in [-0.25, -0.2) is 9.99 Å². The second-order valence-electron chi connectivity index (χ2n) is 8.90. The van der Waals surface area contributed by atoms with Crippen LogP contribution in [0.2, 0.25) is 10.0 Å². The van der Waals surface area contributed by atoms with Crippen molar-refractivity contribution in [2.75, 3.05) is 5.01 Å². The molecule has 0 bridgehead atoms. The fourth-order valence-electron chi connectivity index (χ4n) is 4.28. The average Bonchev–Trinajstić information content (AvgIpc) is 2.89. The van der Waals surface area contributed by atoms with E-state index in [1.807, 2.05) is 38.2 Å². The lowest BCUT2D eigenvalue weighted by atomic mass is 9.92. The number of hydrogen-bond acceptors (Lipinski definition) is 5. The van der Waals surface area contributed by atoms with Crippen molar-refractivity contribution in [2.45, 2.75) is 63.7 Å². The zero-order valence-corrected chi connectivity index (χ0v) is 24.4. The van der Waals surface area contributed by atoms with Crippen molar-refractivity contribution >= 4 is 52.8 Å². The number of benzene rings is 2. The normalized spacial score (nSPS) is 15.4. The number of nitrogens with zero attached hydrogens (tertiary/aromatic N) is 3. The highest BCUT2D eigenvalue weighted by atomic mass is 35.5. The van der Waals surface area contributed by atoms with Crippen LogP contribution in [0.4, 0.5) is 5.69 Å². The molecule has 38 heavy (non-hydrogen) atoms. The lowest BCUT2D eigenvalue weighted by Crippen LogP contribution is -2.40. The number of carbonyl (C=O) groups is 1. The number of pyridine rings is 1. The van der Waals surface area contributed by atoms with Crippen molar-refractivity contribution in [1.29, 1.82) is 0 Å². The van der Waals surface area contributed by atoms with E-state index in [-0.39, 0.29) is 11.2 Å². The average molecular weight is 568 g/mol. The van der Waals surface area contributed by atoms with Gasteiger partial charge in [0.15, 0.2) is 0 Å². The summed E-state index contributed by atoms with van der Waals surface area (Å²) < 4.78 is 0. The standard InChI is InChI=1S/C28H26Cl2N4OS.C2H6/c1-3-18-8-5-13-31-28(18)36-26(19-11-9-17(2)10-12-19)25-22(29)14-21(15-23(25)30)34-27(20-6-4-7-20)33-24(35)16-32-34;1-2/h5,8-16,26H,3-4,6-7H2,1-2H3,(H,33,35);1-2H3. The first kappa shape index (κ1) is 28.2. The van der Waals surface area contributed by atoms with Gasteiger partial charge in [-0.05, 0) is 67.5 Å². The smallest absolute Gasteiger partial charge is 0.269 e. The van der Waals surface area contributed by atoms with Crippen molar-refractivity contribution in [1.82, 2.24) is 10.3 Å². The van der Waals surface area contributed by atoms with Gasteiger partial charge in [0.1, 0.15) is 17.1 Å². The maximum absolute atomic E-state index is 12.0. The number of aryl methyl sites for hydroxylation is 2. The van der Waals surface area contributed by atoms with Gasteiger partial charge in [0.2, 0.25) is 0 Å². The maximum Gasteiger partial charge on any atom is 0.269 e. The maximum atomic E-state index is 12.0. The molecule has 1 N–H and O–H groups in total. The van der Waals surface area contributed by atoms with Gasteiger partial charge < -0.3 is 5.32 Å². The number of carbonyl (C=O) groups excluding carboxylic acids is 1. The molecule has 0 saturated heterocycles. The molecule has 2 aromatic carbocycles. The SMILES string of the molecule is CC.CCc1cccnc1SC(c1ccc(C)cc1)c1c(Cl)cc(N2N=CC(=O)NC2=C2CCC2)cc1Cl. The van der Waals surface area contributed by atoms with E-state index in [0.29, 0.717) is 21.6 Å². The summed E-state index contributed by atoms with van der Waals surface area (Å²) in [5, 5.41) is 10.9. The number of halogens is 2. The number of hydrazone groups is 1. The van der Waals surface area contributed by atoms with Crippen LogP contribution in [0.3, 0.4) is 0 Å². The third kappa shape index (κ3) is 6.09. The molecule has 1 fully saturated rings. The monoisotopic (exact) mass is 566 g/mol. The third-order valence-electron chi connectivity index (χ3n) is 6.45. The molecule has 2 aliphatic rings. The first-order chi connectivity index (χ1) is 18.4. The van der Waals surface area contributed by atoms with Crippen molar-refractivity contribution in [3.8, 4) is 0 Å². The molecule has 2 heterocycles. The van der Waals surface area contributed by atoms with Crippen LogP contribution in [0.1, 0.15) is 67.5 Å². The van der Waals surface area contributed by atoms with E-state index in [4.69, 9.17) is 23.2 Å². The Morgan fingerprint density at radius 1 is 1.08 bits per heavy atom. The van der Waals surface area contributed by atoms with Crippen LogP contribution in [0.25, 0.3) is 0 Å². The largest absolute Gasteiger partial charge is 0.306 e. The molecule has 5 rings (SSSR count). The molecule has 1 saturated carbocycles. The number of allylic oxidation sites excluding steroid dienone is 1. The Bertz CT molecular complexity index is 1340. The summed E-state index contributed by atoms with van der Waals surface area (Å²) in [5.74, 6) is 0.478. The van der Waals surface area contributed by atoms with Gasteiger partial charge in [-0.3, -0.25) is 4.79 Å². The lowest BCUT2D eigenvalue weighted by molar-refractivity contribution is -0.114. The number of rotatable bonds is 6. The zero-order chi connectivity index (χ0) is 27.2. The first-order valence-corrected chi connectivity index (χ1v) is 14.6. The minimum Gasteiger partial charge on any atom is -0.306 e. The Morgan fingerprint density at radius 2 is 1.76 bits per heavy atom. The molecule has 1 aromatic heterocycles. The van der Waals surface area contributed by atoms with Crippen molar-refractivity contribution in [3.63, 3.8) is 0 Å². The predicted molar refractivity (Wildman–Crippen MR) is 160 cm³/mol. The molecular formula is C30H32Cl2N4OS. The number of amides is 1. The van der Waals surface area contributed by atoms with Gasteiger partial charge in [-0.2, -0.15) is 5.10 Å². The summed E-state index contributed by atoms with van der Waals surface area (Å²) in [6.07, 6.45) is 6.96. The molecule has 8 heteroatoms. The number of nitrogens with one attached hydrogen (secondary N) is 1. The molecule has 0 radical (unpaired) electrons. The molecule has 1 aliphatic carbocycles. The second-order valence-corrected chi connectivity index (χ2v) is 10.8. The van der Waals surface area contributed by atoms with E-state index < -0.39 is 0 Å². The van der Waals surface area contributed by atoms with Crippen LogP contribution in [0.15, 0.2) is 76.2 Å². The molecule has 1 atom stereocenters. The highest BCUT2D eigenvalue weighted by Gasteiger charge is 2.28. The number of hydrogen-bond donors (Lipinski definition) is 1. The molecular weight excluding hydrogens is 535 g/mol. The Hall–Kier alpha value is -2.80. The van der Waals surface area contributed by atoms with Gasteiger partial charge in [0, 0.05) is 21.8 Å². The second kappa shape index (κ2) is 12.8. The number of anilines is 1. The summed E-state index contributed by atoms with van der Waals surface area (Å²) in [5.41, 5.74) is 6.16. The molecule has 5 nitrogen and oxygen atoms in total. The van der Waals surface area contributed by atoms with Crippen LogP contribution >= 0.6 is 35.0 Å². The quantitative estimate of drug-likeness (QED) is 0.304. The van der Waals surface area contributed by atoms with E-state index in [2.05, 4.69) is 59.6 Å². The van der Waals surface area contributed by atoms with Crippen molar-refractivity contribution in [2.24, 2.45) is 5.10 Å². The minimum absolute atomic E-state index is 0.158. The van der Waals surface area contributed by atoms with Crippen molar-refractivity contribution < 1.29 is 4.79 Å². The van der Waals surface area contributed by atoms with E-state index in [1.165, 1.54) is 22.9 Å². The van der Waals surface area contributed by atoms with Crippen LogP contribution < -0.4 is 10.3 Å². The van der Waals surface area contributed by atoms with Gasteiger partial charge in [0.05, 0.1) is 10.9 Å². The highest BCUT2D eigenvalue weighted by molar-refractivity contribution is 7.99. The number of aromatic nitrogens is 1. The molecule has 198 valence electrons. The Balaban J connectivity index is 0.00000164.